The Labute approximate surface area is 156 Å². The molecule has 138 valence electrons. The van der Waals surface area contributed by atoms with E-state index in [4.69, 9.17) is 4.74 Å². The van der Waals surface area contributed by atoms with Gasteiger partial charge in [-0.1, -0.05) is 30.3 Å². The number of hydrogen-bond donors (Lipinski definition) is 1. The number of nitrogens with one attached hydrogen (secondary N) is 1. The van der Waals surface area contributed by atoms with E-state index >= 15 is 0 Å². The zero-order valence-corrected chi connectivity index (χ0v) is 14.8. The third-order valence-corrected chi connectivity index (χ3v) is 4.71. The highest BCUT2D eigenvalue weighted by molar-refractivity contribution is 5.93. The summed E-state index contributed by atoms with van der Waals surface area (Å²) in [6, 6.07) is 17.7. The largest absolute Gasteiger partial charge is 0.372 e. The van der Waals surface area contributed by atoms with Crippen LogP contribution in [-0.4, -0.2) is 40.2 Å². The second-order valence-electron chi connectivity index (χ2n) is 6.63. The predicted molar refractivity (Wildman–Crippen MR) is 99.5 cm³/mol. The van der Waals surface area contributed by atoms with E-state index in [0.29, 0.717) is 31.1 Å². The molecule has 1 N–H and O–H groups in total. The van der Waals surface area contributed by atoms with Crippen molar-refractivity contribution in [3.8, 4) is 11.3 Å². The molecule has 2 aromatic carbocycles. The van der Waals surface area contributed by atoms with Gasteiger partial charge in [0.2, 0.25) is 0 Å². The minimum atomic E-state index is -0.302. The van der Waals surface area contributed by atoms with Crippen LogP contribution < -0.4 is 0 Å². The van der Waals surface area contributed by atoms with Gasteiger partial charge in [0.15, 0.2) is 0 Å². The van der Waals surface area contributed by atoms with Crippen LogP contribution in [0.25, 0.3) is 11.3 Å². The first-order valence-corrected chi connectivity index (χ1v) is 8.95. The van der Waals surface area contributed by atoms with E-state index in [-0.39, 0.29) is 17.8 Å². The second-order valence-corrected chi connectivity index (χ2v) is 6.63. The van der Waals surface area contributed by atoms with Gasteiger partial charge in [-0.15, -0.1) is 0 Å². The van der Waals surface area contributed by atoms with E-state index in [1.807, 2.05) is 30.3 Å². The SMILES string of the molecule is O=C(c1cc(-c2ccc(F)cc2)n[nH]1)N1CCC(OCc2ccccc2)C1. The van der Waals surface area contributed by atoms with Crippen LogP contribution in [0.1, 0.15) is 22.5 Å². The van der Waals surface area contributed by atoms with Crippen LogP contribution in [0.2, 0.25) is 0 Å². The number of carbonyl (C=O) groups excluding carboxylic acids is 1. The van der Waals surface area contributed by atoms with Crippen molar-refractivity contribution in [1.82, 2.24) is 15.1 Å². The maximum Gasteiger partial charge on any atom is 0.271 e. The van der Waals surface area contributed by atoms with Crippen LogP contribution in [0, 0.1) is 5.82 Å². The number of rotatable bonds is 5. The third-order valence-electron chi connectivity index (χ3n) is 4.71. The summed E-state index contributed by atoms with van der Waals surface area (Å²) >= 11 is 0. The van der Waals surface area contributed by atoms with Gasteiger partial charge in [0, 0.05) is 18.7 Å². The highest BCUT2D eigenvalue weighted by atomic mass is 19.1. The number of benzene rings is 2. The Morgan fingerprint density at radius 2 is 1.96 bits per heavy atom. The zero-order chi connectivity index (χ0) is 18.6. The van der Waals surface area contributed by atoms with Crippen molar-refractivity contribution in [3.05, 3.63) is 77.7 Å². The van der Waals surface area contributed by atoms with Crippen LogP contribution >= 0.6 is 0 Å². The van der Waals surface area contributed by atoms with Crippen molar-refractivity contribution < 1.29 is 13.9 Å². The quantitative estimate of drug-likeness (QED) is 0.751. The fraction of sp³-hybridized carbons (Fsp3) is 0.238. The van der Waals surface area contributed by atoms with Crippen molar-refractivity contribution in [2.45, 2.75) is 19.1 Å². The zero-order valence-electron chi connectivity index (χ0n) is 14.8. The van der Waals surface area contributed by atoms with E-state index in [1.54, 1.807) is 23.1 Å². The molecule has 1 atom stereocenters. The van der Waals surface area contributed by atoms with Gasteiger partial charge in [0.05, 0.1) is 18.4 Å². The maximum absolute atomic E-state index is 13.0. The Balaban J connectivity index is 1.35. The van der Waals surface area contributed by atoms with Crippen molar-refractivity contribution in [2.24, 2.45) is 0 Å². The lowest BCUT2D eigenvalue weighted by Gasteiger charge is -2.15. The van der Waals surface area contributed by atoms with Gasteiger partial charge in [-0.05, 0) is 42.3 Å². The summed E-state index contributed by atoms with van der Waals surface area (Å²) in [5, 5.41) is 6.97. The molecule has 1 amide bonds. The number of halogens is 1. The first kappa shape index (κ1) is 17.4. The molecule has 1 aliphatic heterocycles. The molecular weight excluding hydrogens is 345 g/mol. The van der Waals surface area contributed by atoms with Crippen LogP contribution in [0.4, 0.5) is 4.39 Å². The molecule has 1 saturated heterocycles. The summed E-state index contributed by atoms with van der Waals surface area (Å²) in [5.41, 5.74) is 2.93. The molecule has 6 heteroatoms. The number of amides is 1. The molecule has 0 radical (unpaired) electrons. The lowest BCUT2D eigenvalue weighted by molar-refractivity contribution is 0.0436. The number of H-pyrrole nitrogens is 1. The van der Waals surface area contributed by atoms with Crippen LogP contribution in [0.5, 0.6) is 0 Å². The number of nitrogens with zero attached hydrogens (tertiary/aromatic N) is 2. The van der Waals surface area contributed by atoms with Crippen molar-refractivity contribution in [1.29, 1.82) is 0 Å². The Bertz CT molecular complexity index is 909. The second kappa shape index (κ2) is 7.72. The van der Waals surface area contributed by atoms with Crippen molar-refractivity contribution in [3.63, 3.8) is 0 Å². The number of carbonyl (C=O) groups is 1. The molecular formula is C21H20FN3O2. The molecule has 1 fully saturated rings. The Kier molecular flexibility index (Phi) is 4.98. The van der Waals surface area contributed by atoms with Crippen LogP contribution in [0.15, 0.2) is 60.7 Å². The molecule has 27 heavy (non-hydrogen) atoms. The average molecular weight is 365 g/mol. The number of aromatic amines is 1. The fourth-order valence-electron chi connectivity index (χ4n) is 3.21. The lowest BCUT2D eigenvalue weighted by atomic mass is 10.1. The molecule has 0 aliphatic carbocycles. The fourth-order valence-corrected chi connectivity index (χ4v) is 3.21. The summed E-state index contributed by atoms with van der Waals surface area (Å²) in [7, 11) is 0. The summed E-state index contributed by atoms with van der Waals surface area (Å²) in [6.07, 6.45) is 0.853. The first-order valence-electron chi connectivity index (χ1n) is 8.95. The molecule has 4 rings (SSSR count). The molecule has 0 spiro atoms. The van der Waals surface area contributed by atoms with Gasteiger partial charge in [-0.2, -0.15) is 5.10 Å². The first-order chi connectivity index (χ1) is 13.2. The van der Waals surface area contributed by atoms with E-state index in [2.05, 4.69) is 10.2 Å². The van der Waals surface area contributed by atoms with Gasteiger partial charge in [0.1, 0.15) is 11.5 Å². The topological polar surface area (TPSA) is 58.2 Å². The number of likely N-dealkylation sites (tertiary alicyclic amines) is 1. The van der Waals surface area contributed by atoms with Gasteiger partial charge in [-0.25, -0.2) is 4.39 Å². The Morgan fingerprint density at radius 1 is 1.19 bits per heavy atom. The highest BCUT2D eigenvalue weighted by Crippen LogP contribution is 2.21. The minimum absolute atomic E-state index is 0.0358. The van der Waals surface area contributed by atoms with Gasteiger partial charge < -0.3 is 9.64 Å². The molecule has 1 unspecified atom stereocenters. The number of ether oxygens (including phenoxy) is 1. The predicted octanol–water partition coefficient (Wildman–Crippen LogP) is 3.65. The third kappa shape index (κ3) is 4.06. The van der Waals surface area contributed by atoms with Crippen molar-refractivity contribution >= 4 is 5.91 Å². The van der Waals surface area contributed by atoms with Gasteiger partial charge in [-0.3, -0.25) is 9.89 Å². The smallest absolute Gasteiger partial charge is 0.271 e. The molecule has 3 aromatic rings. The van der Waals surface area contributed by atoms with Crippen LogP contribution in [0.3, 0.4) is 0 Å². The standard InChI is InChI=1S/C21H20FN3O2/c22-17-8-6-16(7-9-17)19-12-20(24-23-19)21(26)25-11-10-18(13-25)27-14-15-4-2-1-3-5-15/h1-9,12,18H,10-11,13-14H2,(H,23,24). The number of aromatic nitrogens is 2. The van der Waals surface area contributed by atoms with E-state index in [9.17, 15) is 9.18 Å². The number of hydrogen-bond acceptors (Lipinski definition) is 3. The summed E-state index contributed by atoms with van der Waals surface area (Å²) in [5.74, 6) is -0.397. The summed E-state index contributed by atoms with van der Waals surface area (Å²) in [6.45, 7) is 1.77. The Hall–Kier alpha value is -2.99. The van der Waals surface area contributed by atoms with E-state index < -0.39 is 0 Å². The Morgan fingerprint density at radius 3 is 2.74 bits per heavy atom. The van der Waals surface area contributed by atoms with Crippen LogP contribution in [-0.2, 0) is 11.3 Å². The van der Waals surface area contributed by atoms with E-state index in [1.165, 1.54) is 12.1 Å². The molecule has 1 aliphatic rings. The van der Waals surface area contributed by atoms with E-state index in [0.717, 1.165) is 17.5 Å². The van der Waals surface area contributed by atoms with Gasteiger partial charge >= 0.3 is 0 Å². The maximum atomic E-state index is 13.0. The summed E-state index contributed by atoms with van der Waals surface area (Å²) in [4.78, 5) is 14.5. The summed E-state index contributed by atoms with van der Waals surface area (Å²) < 4.78 is 19.0. The average Bonchev–Trinajstić information content (AvgIpc) is 3.37. The van der Waals surface area contributed by atoms with Crippen molar-refractivity contribution in [2.75, 3.05) is 13.1 Å². The van der Waals surface area contributed by atoms with Gasteiger partial charge in [0.25, 0.3) is 5.91 Å². The molecule has 5 nitrogen and oxygen atoms in total. The molecule has 0 bridgehead atoms. The monoisotopic (exact) mass is 365 g/mol. The molecule has 1 aromatic heterocycles. The minimum Gasteiger partial charge on any atom is -0.372 e. The molecule has 2 heterocycles. The highest BCUT2D eigenvalue weighted by Gasteiger charge is 2.28. The normalized spacial score (nSPS) is 16.6. The molecule has 0 saturated carbocycles. The lowest BCUT2D eigenvalue weighted by Crippen LogP contribution is -2.30.